The Bertz CT molecular complexity index is 1010. The van der Waals surface area contributed by atoms with E-state index in [-0.39, 0.29) is 31.3 Å². The van der Waals surface area contributed by atoms with Crippen LogP contribution in [-0.2, 0) is 14.3 Å². The van der Waals surface area contributed by atoms with Crippen molar-refractivity contribution >= 4 is 18.0 Å². The van der Waals surface area contributed by atoms with Crippen LogP contribution in [0.3, 0.4) is 0 Å². The Morgan fingerprint density at radius 2 is 1.62 bits per heavy atom. The van der Waals surface area contributed by atoms with Crippen molar-refractivity contribution in [2.24, 2.45) is 0 Å². The van der Waals surface area contributed by atoms with Crippen LogP contribution in [0.25, 0.3) is 11.1 Å². The fraction of sp³-hybridized carbons (Fsp3) is 0.370. The minimum atomic E-state index is -1.05. The first-order valence-corrected chi connectivity index (χ1v) is 11.6. The molecule has 34 heavy (non-hydrogen) atoms. The minimum Gasteiger partial charge on any atom is -0.480 e. The number of carbonyl (C=O) groups excluding carboxylic acids is 2. The van der Waals surface area contributed by atoms with Crippen LogP contribution in [0.5, 0.6) is 0 Å². The number of fused-ring (bicyclic) bond motifs is 3. The first-order chi connectivity index (χ1) is 16.4. The number of nitrogens with one attached hydrogen (secondary N) is 2. The third-order valence-corrected chi connectivity index (χ3v) is 5.84. The van der Waals surface area contributed by atoms with Crippen molar-refractivity contribution in [2.45, 2.75) is 51.5 Å². The number of allylic oxidation sites excluding steroid dienone is 1. The lowest BCUT2D eigenvalue weighted by Gasteiger charge is -2.15. The van der Waals surface area contributed by atoms with Gasteiger partial charge in [0.2, 0.25) is 5.91 Å². The third-order valence-electron chi connectivity index (χ3n) is 5.84. The van der Waals surface area contributed by atoms with Crippen molar-refractivity contribution in [1.82, 2.24) is 10.6 Å². The van der Waals surface area contributed by atoms with Crippen LogP contribution < -0.4 is 10.6 Å². The molecule has 0 saturated heterocycles. The van der Waals surface area contributed by atoms with Crippen molar-refractivity contribution in [3.8, 4) is 11.1 Å². The van der Waals surface area contributed by atoms with E-state index in [9.17, 15) is 19.5 Å². The zero-order chi connectivity index (χ0) is 24.5. The molecule has 7 nitrogen and oxygen atoms in total. The number of carboxylic acids is 1. The van der Waals surface area contributed by atoms with Gasteiger partial charge in [0.15, 0.2) is 0 Å². The maximum Gasteiger partial charge on any atom is 0.407 e. The maximum atomic E-state index is 12.2. The summed E-state index contributed by atoms with van der Waals surface area (Å²) in [7, 11) is 0. The summed E-state index contributed by atoms with van der Waals surface area (Å²) in [6.45, 7) is 4.39. The Balaban J connectivity index is 1.37. The average molecular weight is 465 g/mol. The van der Waals surface area contributed by atoms with Crippen LogP contribution in [0.2, 0.25) is 0 Å². The van der Waals surface area contributed by atoms with Gasteiger partial charge in [0.1, 0.15) is 12.6 Å². The number of benzene rings is 2. The molecule has 0 heterocycles. The second-order valence-electron chi connectivity index (χ2n) is 8.68. The predicted octanol–water partition coefficient (Wildman–Crippen LogP) is 4.62. The summed E-state index contributed by atoms with van der Waals surface area (Å²) in [5.41, 5.74) is 5.67. The normalized spacial score (nSPS) is 12.8. The highest BCUT2D eigenvalue weighted by atomic mass is 16.5. The van der Waals surface area contributed by atoms with E-state index in [2.05, 4.69) is 34.9 Å². The molecule has 3 N–H and O–H groups in total. The Labute approximate surface area is 200 Å². The summed E-state index contributed by atoms with van der Waals surface area (Å²) in [4.78, 5) is 35.5. The molecule has 0 fully saturated rings. The van der Waals surface area contributed by atoms with E-state index < -0.39 is 18.1 Å². The fourth-order valence-corrected chi connectivity index (χ4v) is 4.09. The van der Waals surface area contributed by atoms with Gasteiger partial charge in [0.25, 0.3) is 0 Å². The number of unbranched alkanes of at least 4 members (excludes halogenated alkanes) is 1. The van der Waals surface area contributed by atoms with Gasteiger partial charge in [-0.1, -0.05) is 60.2 Å². The van der Waals surface area contributed by atoms with Crippen LogP contribution in [0.4, 0.5) is 4.79 Å². The van der Waals surface area contributed by atoms with Gasteiger partial charge in [-0.2, -0.15) is 0 Å². The summed E-state index contributed by atoms with van der Waals surface area (Å²) >= 11 is 0. The Hall–Kier alpha value is -3.61. The van der Waals surface area contributed by atoms with E-state index in [1.165, 1.54) is 11.1 Å². The molecule has 1 aliphatic rings. The molecule has 2 amide bonds. The Kier molecular flexibility index (Phi) is 8.85. The summed E-state index contributed by atoms with van der Waals surface area (Å²) in [6, 6.07) is 15.4. The molecule has 0 radical (unpaired) electrons. The summed E-state index contributed by atoms with van der Waals surface area (Å²) in [5, 5.41) is 14.5. The molecule has 7 heteroatoms. The standard InChI is InChI=1S/C27H32N2O5/c1-18(2)14-15-24(26(31)32)29-25(30)13-7-8-16-28-27(33)34-17-23-21-11-5-3-9-19(21)20-10-4-6-12-22(20)23/h3-6,9-12,14,23-24H,7-8,13,15-17H2,1-2H3,(H,28,33)(H,29,30)(H,31,32). The van der Waals surface area contributed by atoms with Crippen LogP contribution in [0.1, 0.15) is 56.6 Å². The Morgan fingerprint density at radius 3 is 2.21 bits per heavy atom. The number of carboxylic acid groups (broad SMARTS) is 1. The van der Waals surface area contributed by atoms with Gasteiger partial charge in [-0.05, 0) is 55.4 Å². The van der Waals surface area contributed by atoms with Gasteiger partial charge in [-0.3, -0.25) is 4.79 Å². The monoisotopic (exact) mass is 464 g/mol. The first kappa shape index (κ1) is 25.0. The largest absolute Gasteiger partial charge is 0.480 e. The molecule has 1 unspecified atom stereocenters. The second kappa shape index (κ2) is 12.0. The lowest BCUT2D eigenvalue weighted by Crippen LogP contribution is -2.40. The number of hydrogen-bond acceptors (Lipinski definition) is 4. The van der Waals surface area contributed by atoms with Crippen LogP contribution in [-0.4, -0.2) is 42.3 Å². The molecule has 0 spiro atoms. The number of alkyl carbamates (subject to hydrolysis) is 1. The summed E-state index contributed by atoms with van der Waals surface area (Å²) in [6.07, 6.45) is 2.88. The van der Waals surface area contributed by atoms with Crippen LogP contribution in [0.15, 0.2) is 60.2 Å². The van der Waals surface area contributed by atoms with Gasteiger partial charge in [0.05, 0.1) is 0 Å². The number of rotatable bonds is 11. The van der Waals surface area contributed by atoms with Crippen molar-refractivity contribution in [2.75, 3.05) is 13.2 Å². The highest BCUT2D eigenvalue weighted by molar-refractivity contribution is 5.83. The quantitative estimate of drug-likeness (QED) is 0.332. The van der Waals surface area contributed by atoms with Gasteiger partial charge in [-0.25, -0.2) is 9.59 Å². The summed E-state index contributed by atoms with van der Waals surface area (Å²) in [5.74, 6) is -1.35. The number of carbonyl (C=O) groups is 3. The minimum absolute atomic E-state index is 0.00960. The summed E-state index contributed by atoms with van der Waals surface area (Å²) < 4.78 is 5.49. The maximum absolute atomic E-state index is 12.2. The van der Waals surface area contributed by atoms with E-state index in [1.54, 1.807) is 6.08 Å². The second-order valence-corrected chi connectivity index (χ2v) is 8.68. The highest BCUT2D eigenvalue weighted by Crippen LogP contribution is 2.44. The molecule has 2 aromatic rings. The molecular formula is C27H32N2O5. The van der Waals surface area contributed by atoms with Crippen molar-refractivity contribution in [3.05, 3.63) is 71.3 Å². The molecule has 2 aromatic carbocycles. The molecular weight excluding hydrogens is 432 g/mol. The van der Waals surface area contributed by atoms with E-state index in [4.69, 9.17) is 4.74 Å². The van der Waals surface area contributed by atoms with Gasteiger partial charge < -0.3 is 20.5 Å². The lowest BCUT2D eigenvalue weighted by molar-refractivity contribution is -0.141. The lowest BCUT2D eigenvalue weighted by atomic mass is 9.98. The number of aliphatic carboxylic acids is 1. The molecule has 0 aromatic heterocycles. The van der Waals surface area contributed by atoms with Crippen LogP contribution >= 0.6 is 0 Å². The SMILES string of the molecule is CC(C)=CCC(NC(=O)CCCCNC(=O)OCC1c2ccccc2-c2ccccc21)C(=O)O. The van der Waals surface area contributed by atoms with Gasteiger partial charge in [-0.15, -0.1) is 0 Å². The number of hydrogen-bond donors (Lipinski definition) is 3. The molecule has 3 rings (SSSR count). The van der Waals surface area contributed by atoms with Crippen molar-refractivity contribution < 1.29 is 24.2 Å². The molecule has 0 saturated carbocycles. The van der Waals surface area contributed by atoms with E-state index in [0.717, 1.165) is 16.7 Å². The van der Waals surface area contributed by atoms with Crippen molar-refractivity contribution in [1.29, 1.82) is 0 Å². The molecule has 180 valence electrons. The van der Waals surface area contributed by atoms with E-state index in [0.29, 0.717) is 19.4 Å². The average Bonchev–Trinajstić information content (AvgIpc) is 3.13. The molecule has 1 aliphatic carbocycles. The zero-order valence-corrected chi connectivity index (χ0v) is 19.7. The highest BCUT2D eigenvalue weighted by Gasteiger charge is 2.28. The van der Waals surface area contributed by atoms with Gasteiger partial charge >= 0.3 is 12.1 Å². The molecule has 0 aliphatic heterocycles. The zero-order valence-electron chi connectivity index (χ0n) is 19.7. The van der Waals surface area contributed by atoms with Crippen LogP contribution in [0, 0.1) is 0 Å². The topological polar surface area (TPSA) is 105 Å². The predicted molar refractivity (Wildman–Crippen MR) is 131 cm³/mol. The molecule has 1 atom stereocenters. The van der Waals surface area contributed by atoms with E-state index in [1.807, 2.05) is 38.1 Å². The number of ether oxygens (including phenoxy) is 1. The fourth-order valence-electron chi connectivity index (χ4n) is 4.09. The molecule has 0 bridgehead atoms. The smallest absolute Gasteiger partial charge is 0.407 e. The van der Waals surface area contributed by atoms with Gasteiger partial charge in [0, 0.05) is 18.9 Å². The van der Waals surface area contributed by atoms with Crippen molar-refractivity contribution in [3.63, 3.8) is 0 Å². The number of amides is 2. The Morgan fingerprint density at radius 1 is 1.00 bits per heavy atom. The first-order valence-electron chi connectivity index (χ1n) is 11.6. The van der Waals surface area contributed by atoms with E-state index >= 15 is 0 Å². The third kappa shape index (κ3) is 6.70.